The largest absolute Gasteiger partial charge is 0.313 e. The molecule has 0 radical (unpaired) electrons. The van der Waals surface area contributed by atoms with Crippen LogP contribution in [0.5, 0.6) is 0 Å². The predicted octanol–water partition coefficient (Wildman–Crippen LogP) is 4.03. The first-order valence-corrected chi connectivity index (χ1v) is 6.83. The lowest BCUT2D eigenvalue weighted by Gasteiger charge is -2.15. The molecule has 0 unspecified atom stereocenters. The maximum Gasteiger partial charge on any atom is 0.0492 e. The topological polar surface area (TPSA) is 23.5 Å². The quantitative estimate of drug-likeness (QED) is 0.788. The third kappa shape index (κ3) is 4.51. The van der Waals surface area contributed by atoms with E-state index in [1.165, 1.54) is 17.0 Å². The molecule has 2 heteroatoms. The fourth-order valence-corrected chi connectivity index (χ4v) is 2.16. The SMILES string of the molecule is CCCc1ccc(CN(O)Cc2ccccc2)cc1. The van der Waals surface area contributed by atoms with Crippen LogP contribution >= 0.6 is 0 Å². The Morgan fingerprint density at radius 2 is 1.32 bits per heavy atom. The number of rotatable bonds is 6. The van der Waals surface area contributed by atoms with Crippen LogP contribution in [0.1, 0.15) is 30.0 Å². The van der Waals surface area contributed by atoms with E-state index < -0.39 is 0 Å². The first-order chi connectivity index (χ1) is 9.28. The molecule has 0 aromatic heterocycles. The predicted molar refractivity (Wildman–Crippen MR) is 77.9 cm³/mol. The first kappa shape index (κ1) is 13.8. The van der Waals surface area contributed by atoms with Gasteiger partial charge in [-0.25, -0.2) is 0 Å². The van der Waals surface area contributed by atoms with Gasteiger partial charge in [0.2, 0.25) is 0 Å². The van der Waals surface area contributed by atoms with Crippen molar-refractivity contribution in [3.05, 3.63) is 71.3 Å². The Kier molecular flexibility index (Phi) is 5.13. The maximum absolute atomic E-state index is 9.96. The lowest BCUT2D eigenvalue weighted by molar-refractivity contribution is -0.108. The summed E-state index contributed by atoms with van der Waals surface area (Å²) in [5.74, 6) is 0. The molecule has 2 aromatic rings. The molecule has 0 spiro atoms. The number of nitrogens with zero attached hydrogens (tertiary/aromatic N) is 1. The molecule has 1 N–H and O–H groups in total. The monoisotopic (exact) mass is 255 g/mol. The summed E-state index contributed by atoms with van der Waals surface area (Å²) in [6, 6.07) is 18.5. The van der Waals surface area contributed by atoms with Crippen LogP contribution in [0.3, 0.4) is 0 Å². The van der Waals surface area contributed by atoms with Crippen molar-refractivity contribution in [3.63, 3.8) is 0 Å². The van der Waals surface area contributed by atoms with E-state index in [-0.39, 0.29) is 0 Å². The minimum absolute atomic E-state index is 0.553. The van der Waals surface area contributed by atoms with E-state index in [0.717, 1.165) is 17.5 Å². The van der Waals surface area contributed by atoms with E-state index in [4.69, 9.17) is 0 Å². The minimum Gasteiger partial charge on any atom is -0.313 e. The van der Waals surface area contributed by atoms with Crippen molar-refractivity contribution < 1.29 is 5.21 Å². The molecule has 0 aliphatic heterocycles. The van der Waals surface area contributed by atoms with Crippen LogP contribution in [0.2, 0.25) is 0 Å². The Balaban J connectivity index is 1.89. The zero-order valence-corrected chi connectivity index (χ0v) is 11.4. The van der Waals surface area contributed by atoms with Crippen molar-refractivity contribution >= 4 is 0 Å². The van der Waals surface area contributed by atoms with Crippen molar-refractivity contribution in [3.8, 4) is 0 Å². The number of hydroxylamine groups is 2. The fraction of sp³-hybridized carbons (Fsp3) is 0.294. The van der Waals surface area contributed by atoms with Gasteiger partial charge in [0.25, 0.3) is 0 Å². The van der Waals surface area contributed by atoms with Crippen LogP contribution in [-0.2, 0) is 19.5 Å². The molecule has 0 heterocycles. The van der Waals surface area contributed by atoms with Crippen LogP contribution in [0.4, 0.5) is 0 Å². The fourth-order valence-electron chi connectivity index (χ4n) is 2.16. The molecule has 2 aromatic carbocycles. The van der Waals surface area contributed by atoms with Crippen LogP contribution in [-0.4, -0.2) is 10.3 Å². The smallest absolute Gasteiger partial charge is 0.0492 e. The van der Waals surface area contributed by atoms with Gasteiger partial charge in [0.05, 0.1) is 0 Å². The van der Waals surface area contributed by atoms with Gasteiger partial charge in [-0.15, -0.1) is 0 Å². The molecule has 2 nitrogen and oxygen atoms in total. The average Bonchev–Trinajstić information content (AvgIpc) is 2.42. The van der Waals surface area contributed by atoms with Crippen molar-refractivity contribution in [2.24, 2.45) is 0 Å². The molecule has 0 aliphatic carbocycles. The normalized spacial score (nSPS) is 10.9. The number of hydrogen-bond donors (Lipinski definition) is 1. The second-order valence-corrected chi connectivity index (χ2v) is 4.87. The van der Waals surface area contributed by atoms with Gasteiger partial charge in [-0.05, 0) is 23.1 Å². The van der Waals surface area contributed by atoms with Crippen molar-refractivity contribution in [2.75, 3.05) is 0 Å². The maximum atomic E-state index is 9.96. The van der Waals surface area contributed by atoms with Crippen LogP contribution in [0.15, 0.2) is 54.6 Å². The Morgan fingerprint density at radius 1 is 0.789 bits per heavy atom. The van der Waals surface area contributed by atoms with E-state index >= 15 is 0 Å². The van der Waals surface area contributed by atoms with Gasteiger partial charge in [-0.3, -0.25) is 0 Å². The molecule has 0 saturated heterocycles. The summed E-state index contributed by atoms with van der Waals surface area (Å²) in [4.78, 5) is 0. The number of benzene rings is 2. The summed E-state index contributed by atoms with van der Waals surface area (Å²) in [6.45, 7) is 3.29. The van der Waals surface area contributed by atoms with Gasteiger partial charge in [0, 0.05) is 13.1 Å². The van der Waals surface area contributed by atoms with Crippen molar-refractivity contribution in [2.45, 2.75) is 32.9 Å². The Labute approximate surface area is 115 Å². The summed E-state index contributed by atoms with van der Waals surface area (Å²) in [6.07, 6.45) is 2.28. The molecule has 0 saturated carbocycles. The molecule has 19 heavy (non-hydrogen) atoms. The summed E-state index contributed by atoms with van der Waals surface area (Å²) >= 11 is 0. The van der Waals surface area contributed by atoms with Gasteiger partial charge in [-0.1, -0.05) is 67.9 Å². The summed E-state index contributed by atoms with van der Waals surface area (Å²) < 4.78 is 0. The molecule has 100 valence electrons. The van der Waals surface area contributed by atoms with Crippen LogP contribution in [0.25, 0.3) is 0 Å². The summed E-state index contributed by atoms with van der Waals surface area (Å²) in [7, 11) is 0. The Morgan fingerprint density at radius 3 is 1.89 bits per heavy atom. The highest BCUT2D eigenvalue weighted by Crippen LogP contribution is 2.10. The minimum atomic E-state index is 0.553. The molecule has 0 fully saturated rings. The number of hydrogen-bond acceptors (Lipinski definition) is 2. The van der Waals surface area contributed by atoms with Gasteiger partial charge in [0.1, 0.15) is 0 Å². The Hall–Kier alpha value is -1.64. The van der Waals surface area contributed by atoms with Crippen LogP contribution < -0.4 is 0 Å². The first-order valence-electron chi connectivity index (χ1n) is 6.83. The Bertz CT molecular complexity index is 478. The highest BCUT2D eigenvalue weighted by Gasteiger charge is 2.03. The third-order valence-electron chi connectivity index (χ3n) is 3.13. The van der Waals surface area contributed by atoms with Gasteiger partial charge < -0.3 is 5.21 Å². The van der Waals surface area contributed by atoms with E-state index in [1.807, 2.05) is 30.3 Å². The summed E-state index contributed by atoms with van der Waals surface area (Å²) in [5.41, 5.74) is 3.62. The third-order valence-corrected chi connectivity index (χ3v) is 3.13. The molecule has 0 amide bonds. The lowest BCUT2D eigenvalue weighted by Crippen LogP contribution is -2.17. The summed E-state index contributed by atoms with van der Waals surface area (Å²) in [5, 5.41) is 11.3. The average molecular weight is 255 g/mol. The molecule has 0 bridgehead atoms. The van der Waals surface area contributed by atoms with Crippen molar-refractivity contribution in [1.82, 2.24) is 5.06 Å². The van der Waals surface area contributed by atoms with Gasteiger partial charge in [0.15, 0.2) is 0 Å². The van der Waals surface area contributed by atoms with Gasteiger partial charge in [-0.2, -0.15) is 5.06 Å². The second-order valence-electron chi connectivity index (χ2n) is 4.87. The van der Waals surface area contributed by atoms with Crippen molar-refractivity contribution in [1.29, 1.82) is 0 Å². The van der Waals surface area contributed by atoms with Crippen LogP contribution in [0, 0.1) is 0 Å². The zero-order valence-electron chi connectivity index (χ0n) is 11.4. The highest BCUT2D eigenvalue weighted by molar-refractivity contribution is 5.22. The van der Waals surface area contributed by atoms with E-state index in [0.29, 0.717) is 13.1 Å². The highest BCUT2D eigenvalue weighted by atomic mass is 16.5. The molecular formula is C17H21NO. The number of aryl methyl sites for hydroxylation is 1. The second kappa shape index (κ2) is 7.07. The van der Waals surface area contributed by atoms with E-state index in [1.54, 1.807) is 0 Å². The van der Waals surface area contributed by atoms with Gasteiger partial charge >= 0.3 is 0 Å². The van der Waals surface area contributed by atoms with E-state index in [9.17, 15) is 5.21 Å². The zero-order chi connectivity index (χ0) is 13.5. The lowest BCUT2D eigenvalue weighted by atomic mass is 10.1. The standard InChI is InChI=1S/C17H21NO/c1-2-6-15-9-11-17(12-10-15)14-18(19)13-16-7-4-3-5-8-16/h3-5,7-12,19H,2,6,13-14H2,1H3. The molecule has 2 rings (SSSR count). The van der Waals surface area contributed by atoms with E-state index in [2.05, 4.69) is 31.2 Å². The molecular weight excluding hydrogens is 234 g/mol. The molecule has 0 atom stereocenters. The molecule has 0 aliphatic rings.